The summed E-state index contributed by atoms with van der Waals surface area (Å²) in [6, 6.07) is 10.0. The molecule has 1 aliphatic carbocycles. The van der Waals surface area contributed by atoms with Gasteiger partial charge >= 0.3 is 0 Å². The van der Waals surface area contributed by atoms with Crippen molar-refractivity contribution in [3.8, 4) is 23.0 Å². The number of hydrogen-bond donors (Lipinski definition) is 0. The predicted molar refractivity (Wildman–Crippen MR) is 124 cm³/mol. The maximum Gasteiger partial charge on any atom is 0.196 e. The van der Waals surface area contributed by atoms with Crippen LogP contribution in [0.2, 0.25) is 0 Å². The van der Waals surface area contributed by atoms with Gasteiger partial charge < -0.3 is 18.9 Å². The highest BCUT2D eigenvalue weighted by Gasteiger charge is 2.33. The highest BCUT2D eigenvalue weighted by Crippen LogP contribution is 2.39. The Morgan fingerprint density at radius 3 is 1.22 bits per heavy atom. The predicted octanol–water partition coefficient (Wildman–Crippen LogP) is 4.76. The van der Waals surface area contributed by atoms with E-state index in [0.717, 1.165) is 12.8 Å². The first-order chi connectivity index (χ1) is 15.2. The zero-order valence-electron chi connectivity index (χ0n) is 19.2. The first-order valence-corrected chi connectivity index (χ1v) is 11.0. The van der Waals surface area contributed by atoms with Gasteiger partial charge in [0.05, 0.1) is 28.4 Å². The summed E-state index contributed by atoms with van der Waals surface area (Å²) in [7, 11) is 5.17. The third-order valence-electron chi connectivity index (χ3n) is 4.89. The van der Waals surface area contributed by atoms with E-state index >= 15 is 0 Å². The molecule has 0 heterocycles. The van der Waals surface area contributed by atoms with Crippen molar-refractivity contribution in [2.75, 3.05) is 28.4 Å². The van der Waals surface area contributed by atoms with Gasteiger partial charge in [-0.05, 0) is 29.7 Å². The number of hydrogen-bond acceptors (Lipinski definition) is 7. The van der Waals surface area contributed by atoms with Crippen LogP contribution in [0, 0.1) is 5.41 Å². The van der Waals surface area contributed by atoms with Gasteiger partial charge in [-0.15, -0.1) is 0 Å². The zero-order valence-corrected chi connectivity index (χ0v) is 20.2. The average Bonchev–Trinajstić information content (AvgIpc) is 2.76. The minimum atomic E-state index is -0.665. The SMILES string of the molecule is CC1(C)CC(=O)C1.COc1cccc(OC)c1C(=O)PC(=O)c1c(OC)cccc1OC. The van der Waals surface area contributed by atoms with Crippen LogP contribution in [-0.4, -0.2) is 45.3 Å². The Balaban J connectivity index is 0.000000439. The fourth-order valence-electron chi connectivity index (χ4n) is 3.39. The standard InChI is InChI=1S/C18H19O6P.C6H10O/c1-21-11-7-5-8-12(22-2)15(11)17(19)25-18(20)16-13(23-3)9-6-10-14(16)24-4;1-6(2)3-5(7)4-6/h5-10,25H,1-4H3;3-4H2,1-2H3. The molecule has 0 atom stereocenters. The van der Waals surface area contributed by atoms with E-state index in [1.807, 2.05) is 0 Å². The normalized spacial score (nSPS) is 13.8. The molecule has 1 saturated carbocycles. The van der Waals surface area contributed by atoms with E-state index in [2.05, 4.69) is 13.8 Å². The van der Waals surface area contributed by atoms with Gasteiger partial charge in [0.25, 0.3) is 0 Å². The molecule has 0 radical (unpaired) electrons. The van der Waals surface area contributed by atoms with Crippen molar-refractivity contribution in [3.05, 3.63) is 47.5 Å². The molecule has 0 amide bonds. The highest BCUT2D eigenvalue weighted by molar-refractivity contribution is 7.75. The van der Waals surface area contributed by atoms with Crippen molar-refractivity contribution in [2.24, 2.45) is 5.41 Å². The summed E-state index contributed by atoms with van der Waals surface area (Å²) in [6.07, 6.45) is 1.60. The first-order valence-electron chi connectivity index (χ1n) is 9.96. The van der Waals surface area contributed by atoms with Gasteiger partial charge in [0, 0.05) is 21.4 Å². The molecule has 0 aromatic heterocycles. The average molecular weight is 460 g/mol. The maximum atomic E-state index is 12.7. The lowest BCUT2D eigenvalue weighted by Crippen LogP contribution is -2.31. The summed E-state index contributed by atoms with van der Waals surface area (Å²) >= 11 is 0. The lowest BCUT2D eigenvalue weighted by molar-refractivity contribution is -0.130. The number of ketones is 1. The van der Waals surface area contributed by atoms with Gasteiger partial charge in [0.1, 0.15) is 39.9 Å². The number of rotatable bonds is 8. The molecule has 8 heteroatoms. The van der Waals surface area contributed by atoms with Crippen molar-refractivity contribution < 1.29 is 33.3 Å². The van der Waals surface area contributed by atoms with Crippen LogP contribution in [0.25, 0.3) is 0 Å². The van der Waals surface area contributed by atoms with Gasteiger partial charge in [0.15, 0.2) is 11.0 Å². The lowest BCUT2D eigenvalue weighted by atomic mass is 9.71. The zero-order chi connectivity index (χ0) is 23.9. The molecule has 2 aromatic rings. The van der Waals surface area contributed by atoms with Gasteiger partial charge in [-0.25, -0.2) is 0 Å². The quantitative estimate of drug-likeness (QED) is 0.525. The van der Waals surface area contributed by atoms with Crippen LogP contribution in [0.4, 0.5) is 0 Å². The maximum absolute atomic E-state index is 12.7. The van der Waals surface area contributed by atoms with E-state index in [-0.39, 0.29) is 22.2 Å². The molecule has 1 fully saturated rings. The molecular weight excluding hydrogens is 431 g/mol. The lowest BCUT2D eigenvalue weighted by Gasteiger charge is -2.31. The third-order valence-corrected chi connectivity index (χ3v) is 5.84. The first kappa shape index (κ1) is 25.3. The molecule has 0 saturated heterocycles. The Morgan fingerprint density at radius 2 is 1.03 bits per heavy atom. The molecule has 3 rings (SSSR count). The van der Waals surface area contributed by atoms with Crippen molar-refractivity contribution in [1.82, 2.24) is 0 Å². The van der Waals surface area contributed by atoms with Gasteiger partial charge in [0.2, 0.25) is 0 Å². The van der Waals surface area contributed by atoms with E-state index in [9.17, 15) is 14.4 Å². The van der Waals surface area contributed by atoms with E-state index in [4.69, 9.17) is 18.9 Å². The minimum absolute atomic E-state index is 0.244. The Hall–Kier alpha value is -2.92. The summed E-state index contributed by atoms with van der Waals surface area (Å²) in [5.74, 6) is 1.85. The van der Waals surface area contributed by atoms with Crippen LogP contribution < -0.4 is 18.9 Å². The van der Waals surface area contributed by atoms with Crippen LogP contribution >= 0.6 is 8.58 Å². The number of carbonyl (C=O) groups excluding carboxylic acids is 3. The Kier molecular flexibility index (Phi) is 8.79. The molecule has 172 valence electrons. The molecule has 7 nitrogen and oxygen atoms in total. The van der Waals surface area contributed by atoms with Crippen LogP contribution in [0.15, 0.2) is 36.4 Å². The summed E-state index contributed by atoms with van der Waals surface area (Å²) in [5, 5.41) is 0. The molecule has 0 bridgehead atoms. The molecule has 32 heavy (non-hydrogen) atoms. The molecule has 1 aliphatic rings. The molecule has 0 N–H and O–H groups in total. The second-order valence-corrected chi connectivity index (χ2v) is 9.07. The molecule has 2 aromatic carbocycles. The summed E-state index contributed by atoms with van der Waals surface area (Å²) in [4.78, 5) is 35.8. The topological polar surface area (TPSA) is 88.1 Å². The van der Waals surface area contributed by atoms with Crippen molar-refractivity contribution >= 4 is 25.4 Å². The monoisotopic (exact) mass is 460 g/mol. The van der Waals surface area contributed by atoms with Crippen molar-refractivity contribution in [1.29, 1.82) is 0 Å². The number of benzene rings is 2. The largest absolute Gasteiger partial charge is 0.496 e. The van der Waals surface area contributed by atoms with Gasteiger partial charge in [-0.1, -0.05) is 26.0 Å². The van der Waals surface area contributed by atoms with Crippen LogP contribution in [0.1, 0.15) is 47.4 Å². The molecule has 0 spiro atoms. The smallest absolute Gasteiger partial charge is 0.196 e. The fraction of sp³-hybridized carbons (Fsp3) is 0.375. The van der Waals surface area contributed by atoms with Gasteiger partial charge in [-0.3, -0.25) is 14.4 Å². The highest BCUT2D eigenvalue weighted by atomic mass is 31.1. The summed E-state index contributed by atoms with van der Waals surface area (Å²) < 4.78 is 20.9. The van der Waals surface area contributed by atoms with Gasteiger partial charge in [-0.2, -0.15) is 0 Å². The van der Waals surface area contributed by atoms with Crippen molar-refractivity contribution in [2.45, 2.75) is 26.7 Å². The van der Waals surface area contributed by atoms with Crippen LogP contribution in [0.5, 0.6) is 23.0 Å². The summed E-state index contributed by atoms with van der Waals surface area (Å²) in [6.45, 7) is 4.24. The number of ether oxygens (including phenoxy) is 4. The van der Waals surface area contributed by atoms with E-state index in [0.29, 0.717) is 34.2 Å². The van der Waals surface area contributed by atoms with Crippen molar-refractivity contribution in [3.63, 3.8) is 0 Å². The second-order valence-electron chi connectivity index (χ2n) is 7.91. The second kappa shape index (κ2) is 11.1. The van der Waals surface area contributed by atoms with E-state index in [1.165, 1.54) is 28.4 Å². The fourth-order valence-corrected chi connectivity index (χ4v) is 4.34. The summed E-state index contributed by atoms with van der Waals surface area (Å²) in [5.41, 5.74) is 0.0671. The van der Waals surface area contributed by atoms with E-state index < -0.39 is 8.58 Å². The number of methoxy groups -OCH3 is 4. The Bertz CT molecular complexity index is 878. The molecule has 0 unspecified atom stereocenters. The number of Topliss-reactive ketones (excluding diaryl/α,β-unsaturated/α-hetero) is 1. The van der Waals surface area contributed by atoms with E-state index in [1.54, 1.807) is 36.4 Å². The molecule has 0 aliphatic heterocycles. The van der Waals surface area contributed by atoms with Crippen LogP contribution in [0.3, 0.4) is 0 Å². The number of carbonyl (C=O) groups is 3. The minimum Gasteiger partial charge on any atom is -0.496 e. The van der Waals surface area contributed by atoms with Crippen LogP contribution in [-0.2, 0) is 4.79 Å². The Labute approximate surface area is 190 Å². The Morgan fingerprint density at radius 1 is 0.719 bits per heavy atom. The molecular formula is C24H29O7P. The third kappa shape index (κ3) is 6.07.